The molecule has 0 N–H and O–H groups in total. The molecule has 21 heavy (non-hydrogen) atoms. The van der Waals surface area contributed by atoms with Gasteiger partial charge in [0.2, 0.25) is 0 Å². The summed E-state index contributed by atoms with van der Waals surface area (Å²) in [5.41, 5.74) is 1.13. The molecule has 1 aromatic rings. The number of nitrogens with zero attached hydrogens (tertiary/aromatic N) is 2. The van der Waals surface area contributed by atoms with Crippen LogP contribution in [0.2, 0.25) is 0 Å². The van der Waals surface area contributed by atoms with Gasteiger partial charge in [0.15, 0.2) is 0 Å². The maximum atomic E-state index is 12.1. The number of carbonyl (C=O) groups is 2. The van der Waals surface area contributed by atoms with Crippen molar-refractivity contribution in [2.24, 2.45) is 0 Å². The molecule has 0 aliphatic heterocycles. The third-order valence-corrected chi connectivity index (χ3v) is 2.96. The zero-order chi connectivity index (χ0) is 16.2. The van der Waals surface area contributed by atoms with Crippen LogP contribution >= 0.6 is 0 Å². The molecule has 0 spiro atoms. The van der Waals surface area contributed by atoms with E-state index in [-0.39, 0.29) is 0 Å². The number of carbonyl (C=O) groups excluding carboxylic acids is 2. The lowest BCUT2D eigenvalue weighted by Gasteiger charge is -2.28. The fraction of sp³-hybridized carbons (Fsp3) is 0.500. The van der Waals surface area contributed by atoms with Gasteiger partial charge in [-0.15, -0.1) is 0 Å². The van der Waals surface area contributed by atoms with Crippen LogP contribution in [0.5, 0.6) is 0 Å². The first kappa shape index (κ1) is 17.0. The minimum atomic E-state index is -0.667. The van der Waals surface area contributed by atoms with Gasteiger partial charge in [0, 0.05) is 26.8 Å². The highest BCUT2D eigenvalue weighted by molar-refractivity contribution is 5.75. The van der Waals surface area contributed by atoms with Gasteiger partial charge in [0.05, 0.1) is 0 Å². The number of amides is 1. The summed E-state index contributed by atoms with van der Waals surface area (Å²) < 4.78 is 5.30. The topological polar surface area (TPSA) is 49.9 Å². The minimum absolute atomic E-state index is 0.519. The Kier molecular flexibility index (Phi) is 5.35. The van der Waals surface area contributed by atoms with E-state index in [2.05, 4.69) is 0 Å². The monoisotopic (exact) mass is 292 g/mol. The molecule has 5 heteroatoms. The molecule has 1 atom stereocenters. The number of benzene rings is 1. The zero-order valence-electron chi connectivity index (χ0n) is 13.6. The molecule has 0 aromatic heterocycles. The van der Waals surface area contributed by atoms with Crippen LogP contribution in [-0.4, -0.2) is 44.0 Å². The molecule has 0 heterocycles. The number of anilines is 1. The van der Waals surface area contributed by atoms with Gasteiger partial charge in [-0.25, -0.2) is 4.79 Å². The molecule has 0 saturated heterocycles. The van der Waals surface area contributed by atoms with Gasteiger partial charge in [0.1, 0.15) is 17.9 Å². The van der Waals surface area contributed by atoms with Gasteiger partial charge in [-0.1, -0.05) is 12.1 Å². The van der Waals surface area contributed by atoms with Gasteiger partial charge >= 0.3 is 6.09 Å². The highest BCUT2D eigenvalue weighted by atomic mass is 16.6. The lowest BCUT2D eigenvalue weighted by atomic mass is 10.1. The van der Waals surface area contributed by atoms with Crippen molar-refractivity contribution in [2.45, 2.75) is 32.4 Å². The third kappa shape index (κ3) is 4.77. The van der Waals surface area contributed by atoms with E-state index in [4.69, 9.17) is 4.74 Å². The number of hydrogen-bond acceptors (Lipinski definition) is 4. The number of rotatable bonds is 4. The molecule has 0 saturated carbocycles. The van der Waals surface area contributed by atoms with Crippen LogP contribution in [-0.2, 0) is 9.53 Å². The molecule has 0 radical (unpaired) electrons. The molecule has 0 aliphatic carbocycles. The van der Waals surface area contributed by atoms with Crippen LogP contribution in [0.25, 0.3) is 0 Å². The first-order valence-corrected chi connectivity index (χ1v) is 6.84. The Bertz CT molecular complexity index is 506. The quantitative estimate of drug-likeness (QED) is 0.801. The van der Waals surface area contributed by atoms with Crippen molar-refractivity contribution in [1.29, 1.82) is 0 Å². The molecule has 0 bridgehead atoms. The molecule has 1 unspecified atom stereocenters. The Morgan fingerprint density at radius 3 is 2.33 bits per heavy atom. The Hall–Kier alpha value is -2.04. The van der Waals surface area contributed by atoms with Crippen LogP contribution in [0.3, 0.4) is 0 Å². The largest absolute Gasteiger partial charge is 0.444 e. The molecular weight excluding hydrogens is 268 g/mol. The molecule has 116 valence electrons. The summed E-state index contributed by atoms with van der Waals surface area (Å²) in [6.07, 6.45) is 0.230. The van der Waals surface area contributed by atoms with Crippen LogP contribution < -0.4 is 4.90 Å². The lowest BCUT2D eigenvalue weighted by Crippen LogP contribution is -2.37. The smallest absolute Gasteiger partial charge is 0.410 e. The summed E-state index contributed by atoms with van der Waals surface area (Å²) in [5, 5.41) is 0. The van der Waals surface area contributed by atoms with Crippen molar-refractivity contribution in [2.75, 3.05) is 26.0 Å². The van der Waals surface area contributed by atoms with Crippen molar-refractivity contribution in [3.05, 3.63) is 29.8 Å². The molecule has 5 nitrogen and oxygen atoms in total. The van der Waals surface area contributed by atoms with Gasteiger partial charge in [-0.2, -0.15) is 0 Å². The van der Waals surface area contributed by atoms with Crippen LogP contribution in [0.4, 0.5) is 10.5 Å². The van der Waals surface area contributed by atoms with Crippen molar-refractivity contribution < 1.29 is 14.3 Å². The van der Waals surface area contributed by atoms with Crippen LogP contribution in [0.15, 0.2) is 24.3 Å². The molecule has 1 amide bonds. The molecular formula is C16H24N2O3. The lowest BCUT2D eigenvalue weighted by molar-refractivity contribution is -0.112. The van der Waals surface area contributed by atoms with E-state index >= 15 is 0 Å². The summed E-state index contributed by atoms with van der Waals surface area (Å²) in [5.74, 6) is 0. The maximum absolute atomic E-state index is 12.1. The highest BCUT2D eigenvalue weighted by Gasteiger charge is 2.26. The van der Waals surface area contributed by atoms with E-state index in [1.54, 1.807) is 27.8 Å². The van der Waals surface area contributed by atoms with Gasteiger partial charge < -0.3 is 14.4 Å². The Morgan fingerprint density at radius 2 is 1.86 bits per heavy atom. The summed E-state index contributed by atoms with van der Waals surface area (Å²) in [6, 6.07) is 6.86. The average molecular weight is 292 g/mol. The molecule has 0 fully saturated rings. The summed E-state index contributed by atoms with van der Waals surface area (Å²) in [7, 11) is 5.41. The number of likely N-dealkylation sites (N-methyl/N-ethyl adjacent to an activating group) is 1. The summed E-state index contributed by atoms with van der Waals surface area (Å²) in [6.45, 7) is 5.38. The van der Waals surface area contributed by atoms with Crippen LogP contribution in [0, 0.1) is 0 Å². The van der Waals surface area contributed by atoms with Crippen molar-refractivity contribution in [3.63, 3.8) is 0 Å². The van der Waals surface area contributed by atoms with Crippen molar-refractivity contribution >= 4 is 18.1 Å². The molecule has 1 rings (SSSR count). The molecule has 0 aliphatic rings. The van der Waals surface area contributed by atoms with Crippen molar-refractivity contribution in [1.82, 2.24) is 4.90 Å². The fourth-order valence-corrected chi connectivity index (χ4v) is 1.83. The highest BCUT2D eigenvalue weighted by Crippen LogP contribution is 2.23. The fourth-order valence-electron chi connectivity index (χ4n) is 1.83. The van der Waals surface area contributed by atoms with E-state index in [1.807, 2.05) is 43.3 Å². The second-order valence-corrected chi connectivity index (χ2v) is 6.16. The standard InChI is InChI=1S/C16H24N2O3/c1-16(2,3)21-15(20)18(6)14(11-19)12-8-7-9-13(10-12)17(4)5/h7-11,14H,1-6H3. The maximum Gasteiger partial charge on any atom is 0.410 e. The van der Waals surface area contributed by atoms with Crippen LogP contribution in [0.1, 0.15) is 32.4 Å². The van der Waals surface area contributed by atoms with Gasteiger partial charge in [0.25, 0.3) is 0 Å². The summed E-state index contributed by atoms with van der Waals surface area (Å²) in [4.78, 5) is 26.8. The first-order chi connectivity index (χ1) is 9.65. The predicted molar refractivity (Wildman–Crippen MR) is 83.6 cm³/mol. The number of ether oxygens (including phenoxy) is 1. The Morgan fingerprint density at radius 1 is 1.24 bits per heavy atom. The van der Waals surface area contributed by atoms with E-state index in [1.165, 1.54) is 4.90 Å². The zero-order valence-corrected chi connectivity index (χ0v) is 13.6. The van der Waals surface area contributed by atoms with E-state index < -0.39 is 17.7 Å². The Balaban J connectivity index is 2.99. The SMILES string of the molecule is CN(C)c1cccc(C(C=O)N(C)C(=O)OC(C)(C)C)c1. The Labute approximate surface area is 126 Å². The number of aldehydes is 1. The van der Waals surface area contributed by atoms with Crippen molar-refractivity contribution in [3.8, 4) is 0 Å². The first-order valence-electron chi connectivity index (χ1n) is 6.84. The minimum Gasteiger partial charge on any atom is -0.444 e. The van der Waals surface area contributed by atoms with E-state index in [0.717, 1.165) is 17.5 Å². The second-order valence-electron chi connectivity index (χ2n) is 6.16. The number of hydrogen-bond donors (Lipinski definition) is 0. The van der Waals surface area contributed by atoms with Gasteiger partial charge in [-0.3, -0.25) is 4.90 Å². The van der Waals surface area contributed by atoms with E-state index in [9.17, 15) is 9.59 Å². The molecule has 1 aromatic carbocycles. The summed E-state index contributed by atoms with van der Waals surface area (Å²) >= 11 is 0. The van der Waals surface area contributed by atoms with Gasteiger partial charge in [-0.05, 0) is 38.5 Å². The predicted octanol–water partition coefficient (Wildman–Crippen LogP) is 2.86. The second kappa shape index (κ2) is 6.61. The third-order valence-electron chi connectivity index (χ3n) is 2.96. The van der Waals surface area contributed by atoms with E-state index in [0.29, 0.717) is 0 Å². The normalized spacial score (nSPS) is 12.5. The average Bonchev–Trinajstić information content (AvgIpc) is 2.37.